The van der Waals surface area contributed by atoms with E-state index < -0.39 is 0 Å². The molecule has 88 valence electrons. The number of halogens is 2. The predicted octanol–water partition coefficient (Wildman–Crippen LogP) is 1.92. The van der Waals surface area contributed by atoms with E-state index in [1.165, 1.54) is 6.33 Å². The van der Waals surface area contributed by atoms with Crippen molar-refractivity contribution in [1.82, 2.24) is 14.5 Å². The van der Waals surface area contributed by atoms with Crippen LogP contribution in [0.1, 0.15) is 5.56 Å². The molecule has 0 atom stereocenters. The molecule has 0 saturated heterocycles. The monoisotopic (exact) mass is 270 g/mol. The number of aromatic nitrogens is 3. The topological polar surface area (TPSA) is 63.3 Å². The quantitative estimate of drug-likeness (QED) is 0.670. The van der Waals surface area contributed by atoms with Gasteiger partial charge in [-0.05, 0) is 11.6 Å². The lowest BCUT2D eigenvalue weighted by atomic mass is 10.2. The van der Waals surface area contributed by atoms with E-state index in [0.717, 1.165) is 5.56 Å². The molecule has 2 aromatic heterocycles. The van der Waals surface area contributed by atoms with Gasteiger partial charge in [-0.15, -0.1) is 0 Å². The molecule has 1 N–H and O–H groups in total. The van der Waals surface area contributed by atoms with Gasteiger partial charge in [0.25, 0.3) is 0 Å². The van der Waals surface area contributed by atoms with Gasteiger partial charge in [-0.3, -0.25) is 4.98 Å². The third-order valence-electron chi connectivity index (χ3n) is 2.13. The van der Waals surface area contributed by atoms with Crippen LogP contribution in [-0.2, 0) is 6.54 Å². The molecule has 0 spiro atoms. The van der Waals surface area contributed by atoms with Gasteiger partial charge in [0.1, 0.15) is 5.02 Å². The minimum atomic E-state index is 0.0868. The molecule has 0 saturated carbocycles. The zero-order chi connectivity index (χ0) is 12.3. The molecular formula is C10H8Cl2N4O. The summed E-state index contributed by atoms with van der Waals surface area (Å²) in [7, 11) is 0. The van der Waals surface area contributed by atoms with Crippen LogP contribution in [0.25, 0.3) is 0 Å². The van der Waals surface area contributed by atoms with Gasteiger partial charge in [-0.2, -0.15) is 0 Å². The van der Waals surface area contributed by atoms with Crippen LogP contribution >= 0.6 is 23.2 Å². The molecule has 0 aliphatic heterocycles. The summed E-state index contributed by atoms with van der Waals surface area (Å²) in [6.45, 7) is 0.514. The van der Waals surface area contributed by atoms with E-state index in [1.54, 1.807) is 23.2 Å². The first-order chi connectivity index (χ1) is 8.20. The molecule has 2 rings (SSSR count). The molecule has 0 aromatic carbocycles. The highest BCUT2D eigenvalue weighted by Crippen LogP contribution is 2.14. The second kappa shape index (κ2) is 5.16. The fraction of sp³-hybridized carbons (Fsp3) is 0.100. The lowest BCUT2D eigenvalue weighted by molar-refractivity contribution is 0.298. The summed E-state index contributed by atoms with van der Waals surface area (Å²) in [6, 6.07) is 1.81. The van der Waals surface area contributed by atoms with Gasteiger partial charge in [0.15, 0.2) is 0 Å². The highest BCUT2D eigenvalue weighted by molar-refractivity contribution is 6.31. The molecule has 0 bridgehead atoms. The average Bonchev–Trinajstić information content (AvgIpc) is 2.32. The van der Waals surface area contributed by atoms with Gasteiger partial charge in [0.05, 0.1) is 17.9 Å². The smallest absolute Gasteiger partial charge is 0.212 e. The molecule has 2 aromatic rings. The summed E-state index contributed by atoms with van der Waals surface area (Å²) in [5, 5.41) is 12.4. The zero-order valence-electron chi connectivity index (χ0n) is 8.59. The standard InChI is InChI=1S/C10H8Cl2N4O/c11-8-3-13-2-1-7(8)4-16-5-9(12)10(15-17)14-6-16/h1-3,5-6,17H,4H2/b15-10-. The summed E-state index contributed by atoms with van der Waals surface area (Å²) in [5.74, 6) is 0. The van der Waals surface area contributed by atoms with Crippen LogP contribution in [0.3, 0.4) is 0 Å². The molecule has 5 nitrogen and oxygen atoms in total. The van der Waals surface area contributed by atoms with Crippen LogP contribution in [0.15, 0.2) is 36.1 Å². The van der Waals surface area contributed by atoms with Gasteiger partial charge in [0.2, 0.25) is 5.49 Å². The zero-order valence-corrected chi connectivity index (χ0v) is 10.1. The molecular weight excluding hydrogens is 263 g/mol. The Morgan fingerprint density at radius 1 is 1.35 bits per heavy atom. The Balaban J connectivity index is 2.32. The molecule has 0 fully saturated rings. The first-order valence-electron chi connectivity index (χ1n) is 4.69. The highest BCUT2D eigenvalue weighted by Gasteiger charge is 2.02. The van der Waals surface area contributed by atoms with Gasteiger partial charge in [-0.25, -0.2) is 4.98 Å². The van der Waals surface area contributed by atoms with Crippen molar-refractivity contribution < 1.29 is 5.21 Å². The van der Waals surface area contributed by atoms with E-state index in [4.69, 9.17) is 28.4 Å². The Labute approximate surface area is 107 Å². The molecule has 2 heterocycles. The number of hydrogen-bond acceptors (Lipinski definition) is 4. The van der Waals surface area contributed by atoms with E-state index in [1.807, 2.05) is 6.07 Å². The molecule has 0 aliphatic rings. The average molecular weight is 271 g/mol. The van der Waals surface area contributed by atoms with Crippen LogP contribution in [0.4, 0.5) is 0 Å². The van der Waals surface area contributed by atoms with E-state index in [0.29, 0.717) is 11.6 Å². The van der Waals surface area contributed by atoms with Crippen molar-refractivity contribution in [3.8, 4) is 0 Å². The van der Waals surface area contributed by atoms with E-state index in [9.17, 15) is 0 Å². The first kappa shape index (κ1) is 11.9. The third kappa shape index (κ3) is 2.75. The van der Waals surface area contributed by atoms with Crippen LogP contribution in [0.2, 0.25) is 10.0 Å². The van der Waals surface area contributed by atoms with Crippen LogP contribution in [0.5, 0.6) is 0 Å². The molecule has 7 heteroatoms. The maximum absolute atomic E-state index is 8.58. The number of hydrogen-bond donors (Lipinski definition) is 1. The molecule has 0 amide bonds. The predicted molar refractivity (Wildman–Crippen MR) is 62.9 cm³/mol. The number of rotatable bonds is 2. The van der Waals surface area contributed by atoms with Crippen molar-refractivity contribution in [2.45, 2.75) is 6.54 Å². The van der Waals surface area contributed by atoms with Crippen molar-refractivity contribution in [2.75, 3.05) is 0 Å². The molecule has 0 radical (unpaired) electrons. The second-order valence-electron chi connectivity index (χ2n) is 3.28. The normalized spacial score (nSPS) is 11.8. The SMILES string of the molecule is O/N=c1\ncn(Cc2ccncc2Cl)cc1Cl. The Morgan fingerprint density at radius 2 is 2.18 bits per heavy atom. The van der Waals surface area contributed by atoms with Crippen molar-refractivity contribution >= 4 is 23.2 Å². The van der Waals surface area contributed by atoms with Crippen molar-refractivity contribution in [1.29, 1.82) is 0 Å². The second-order valence-corrected chi connectivity index (χ2v) is 4.10. The lowest BCUT2D eigenvalue weighted by Crippen LogP contribution is -2.13. The summed E-state index contributed by atoms with van der Waals surface area (Å²) in [4.78, 5) is 7.78. The van der Waals surface area contributed by atoms with Crippen molar-refractivity contribution in [2.24, 2.45) is 5.16 Å². The van der Waals surface area contributed by atoms with Crippen molar-refractivity contribution in [3.63, 3.8) is 0 Å². The number of pyridine rings is 1. The van der Waals surface area contributed by atoms with Crippen LogP contribution in [-0.4, -0.2) is 19.7 Å². The number of nitrogens with zero attached hydrogens (tertiary/aromatic N) is 4. The van der Waals surface area contributed by atoms with Crippen LogP contribution in [0, 0.1) is 0 Å². The van der Waals surface area contributed by atoms with Gasteiger partial charge in [0, 0.05) is 18.6 Å². The Bertz CT molecular complexity index is 597. The largest absolute Gasteiger partial charge is 0.409 e. The first-order valence-corrected chi connectivity index (χ1v) is 5.44. The summed E-state index contributed by atoms with van der Waals surface area (Å²) < 4.78 is 1.73. The van der Waals surface area contributed by atoms with Crippen molar-refractivity contribution in [3.05, 3.63) is 52.1 Å². The maximum Gasteiger partial charge on any atom is 0.212 e. The molecule has 0 aliphatic carbocycles. The van der Waals surface area contributed by atoms with Gasteiger partial charge >= 0.3 is 0 Å². The summed E-state index contributed by atoms with van der Waals surface area (Å²) in [5.41, 5.74) is 0.988. The third-order valence-corrected chi connectivity index (χ3v) is 2.73. The Hall–Kier alpha value is -1.59. The Kier molecular flexibility index (Phi) is 3.61. The Morgan fingerprint density at radius 3 is 2.82 bits per heavy atom. The fourth-order valence-electron chi connectivity index (χ4n) is 1.32. The fourth-order valence-corrected chi connectivity index (χ4v) is 1.71. The lowest BCUT2D eigenvalue weighted by Gasteiger charge is -2.07. The minimum Gasteiger partial charge on any atom is -0.409 e. The minimum absolute atomic E-state index is 0.0868. The van der Waals surface area contributed by atoms with Gasteiger partial charge < -0.3 is 9.77 Å². The van der Waals surface area contributed by atoms with Gasteiger partial charge in [-0.1, -0.05) is 28.4 Å². The van der Waals surface area contributed by atoms with E-state index in [-0.39, 0.29) is 10.5 Å². The highest BCUT2D eigenvalue weighted by atomic mass is 35.5. The van der Waals surface area contributed by atoms with E-state index >= 15 is 0 Å². The molecule has 0 unspecified atom stereocenters. The summed E-state index contributed by atoms with van der Waals surface area (Å²) >= 11 is 11.8. The molecule has 17 heavy (non-hydrogen) atoms. The summed E-state index contributed by atoms with van der Waals surface area (Å²) in [6.07, 6.45) is 6.36. The van der Waals surface area contributed by atoms with Crippen LogP contribution < -0.4 is 5.49 Å². The maximum atomic E-state index is 8.58. The van der Waals surface area contributed by atoms with E-state index in [2.05, 4.69) is 15.1 Å².